The Hall–Kier alpha value is -2.58. The van der Waals surface area contributed by atoms with Crippen molar-refractivity contribution in [3.05, 3.63) is 63.4 Å². The standard InChI is InChI=1S/C18H13ClF2N2O3S/c1-2-26-14(24)9-23-16-10(19)5-3-8-13(16)27-18(23)22-17(25)15-11(20)6-4-7-12(15)21/h3-8H,2,9H2,1H3. The van der Waals surface area contributed by atoms with Gasteiger partial charge < -0.3 is 9.30 Å². The maximum absolute atomic E-state index is 13.9. The zero-order valence-electron chi connectivity index (χ0n) is 14.0. The summed E-state index contributed by atoms with van der Waals surface area (Å²) in [7, 11) is 0. The SMILES string of the molecule is CCOC(=O)Cn1c(=NC(=O)c2c(F)cccc2F)sc2cccc(Cl)c21. The predicted octanol–water partition coefficient (Wildman–Crippen LogP) is 3.94. The van der Waals surface area contributed by atoms with Crippen molar-refractivity contribution in [3.63, 3.8) is 0 Å². The van der Waals surface area contributed by atoms with Crippen molar-refractivity contribution >= 4 is 45.0 Å². The van der Waals surface area contributed by atoms with Crippen LogP contribution in [-0.4, -0.2) is 23.1 Å². The van der Waals surface area contributed by atoms with Crippen LogP contribution in [0.3, 0.4) is 0 Å². The summed E-state index contributed by atoms with van der Waals surface area (Å²) in [5.41, 5.74) is -0.276. The number of hydrogen-bond acceptors (Lipinski definition) is 4. The molecule has 0 saturated heterocycles. The molecule has 0 N–H and O–H groups in total. The van der Waals surface area contributed by atoms with E-state index in [2.05, 4.69) is 4.99 Å². The molecule has 0 unspecified atom stereocenters. The molecule has 5 nitrogen and oxygen atoms in total. The van der Waals surface area contributed by atoms with E-state index < -0.39 is 29.1 Å². The van der Waals surface area contributed by atoms with Crippen molar-refractivity contribution in [1.29, 1.82) is 0 Å². The number of amides is 1. The molecule has 0 radical (unpaired) electrons. The molecule has 0 fully saturated rings. The third-order valence-electron chi connectivity index (χ3n) is 3.62. The van der Waals surface area contributed by atoms with E-state index in [0.29, 0.717) is 15.2 Å². The fourth-order valence-electron chi connectivity index (χ4n) is 2.50. The minimum Gasteiger partial charge on any atom is -0.465 e. The van der Waals surface area contributed by atoms with Crippen LogP contribution in [0.15, 0.2) is 41.4 Å². The third kappa shape index (κ3) is 3.91. The van der Waals surface area contributed by atoms with Gasteiger partial charge in [0.25, 0.3) is 5.91 Å². The highest BCUT2D eigenvalue weighted by Crippen LogP contribution is 2.25. The molecule has 0 aliphatic heterocycles. The van der Waals surface area contributed by atoms with E-state index >= 15 is 0 Å². The number of fused-ring (bicyclic) bond motifs is 1. The number of thiazole rings is 1. The molecule has 0 bridgehead atoms. The van der Waals surface area contributed by atoms with E-state index in [1.807, 2.05) is 0 Å². The summed E-state index contributed by atoms with van der Waals surface area (Å²) in [6, 6.07) is 8.17. The van der Waals surface area contributed by atoms with Gasteiger partial charge in [-0.3, -0.25) is 9.59 Å². The van der Waals surface area contributed by atoms with Crippen LogP contribution in [0, 0.1) is 11.6 Å². The van der Waals surface area contributed by atoms with Crippen molar-refractivity contribution in [1.82, 2.24) is 4.57 Å². The number of carbonyl (C=O) groups excluding carboxylic acids is 2. The minimum atomic E-state index is -1.09. The monoisotopic (exact) mass is 410 g/mol. The van der Waals surface area contributed by atoms with Gasteiger partial charge in [-0.25, -0.2) is 8.78 Å². The molecule has 1 aromatic heterocycles. The summed E-state index contributed by atoms with van der Waals surface area (Å²) in [4.78, 5) is 28.3. The number of ether oxygens (including phenoxy) is 1. The van der Waals surface area contributed by atoms with Crippen LogP contribution in [0.2, 0.25) is 5.02 Å². The normalized spacial score (nSPS) is 11.8. The summed E-state index contributed by atoms with van der Waals surface area (Å²) >= 11 is 7.30. The predicted molar refractivity (Wildman–Crippen MR) is 97.7 cm³/mol. The Balaban J connectivity index is 2.18. The van der Waals surface area contributed by atoms with Gasteiger partial charge in [-0.1, -0.05) is 35.1 Å². The number of carbonyl (C=O) groups is 2. The number of aromatic nitrogens is 1. The van der Waals surface area contributed by atoms with E-state index in [9.17, 15) is 18.4 Å². The first-order chi connectivity index (χ1) is 12.9. The van der Waals surface area contributed by atoms with Crippen LogP contribution in [0.4, 0.5) is 8.78 Å². The van der Waals surface area contributed by atoms with E-state index in [-0.39, 0.29) is 18.0 Å². The lowest BCUT2D eigenvalue weighted by atomic mass is 10.2. The molecule has 3 rings (SSSR count). The Bertz CT molecular complexity index is 1090. The lowest BCUT2D eigenvalue weighted by molar-refractivity contribution is -0.143. The number of nitrogens with zero attached hydrogens (tertiary/aromatic N) is 2. The van der Waals surface area contributed by atoms with Gasteiger partial charge in [0.05, 0.1) is 21.8 Å². The Labute approximate surface area is 161 Å². The highest BCUT2D eigenvalue weighted by molar-refractivity contribution is 7.16. The number of benzene rings is 2. The summed E-state index contributed by atoms with van der Waals surface area (Å²) in [5.74, 6) is -3.67. The summed E-state index contributed by atoms with van der Waals surface area (Å²) in [6.45, 7) is 1.60. The molecular weight excluding hydrogens is 398 g/mol. The van der Waals surface area contributed by atoms with Gasteiger partial charge in [-0.05, 0) is 31.2 Å². The van der Waals surface area contributed by atoms with Crippen molar-refractivity contribution < 1.29 is 23.1 Å². The van der Waals surface area contributed by atoms with Crippen LogP contribution in [0.5, 0.6) is 0 Å². The second-order valence-corrected chi connectivity index (χ2v) is 6.79. The minimum absolute atomic E-state index is 0.0822. The number of halogens is 3. The average Bonchev–Trinajstić information content (AvgIpc) is 2.93. The fourth-order valence-corrected chi connectivity index (χ4v) is 3.89. The number of esters is 1. The van der Waals surface area contributed by atoms with Crippen LogP contribution in [0.25, 0.3) is 10.2 Å². The Morgan fingerprint density at radius 1 is 1.19 bits per heavy atom. The topological polar surface area (TPSA) is 60.7 Å². The van der Waals surface area contributed by atoms with Gasteiger partial charge in [0.2, 0.25) is 0 Å². The van der Waals surface area contributed by atoms with Crippen molar-refractivity contribution in [2.45, 2.75) is 13.5 Å². The quantitative estimate of drug-likeness (QED) is 0.612. The van der Waals surface area contributed by atoms with Crippen LogP contribution < -0.4 is 4.80 Å². The largest absolute Gasteiger partial charge is 0.465 e. The highest BCUT2D eigenvalue weighted by Gasteiger charge is 2.19. The average molecular weight is 411 g/mol. The van der Waals surface area contributed by atoms with Gasteiger partial charge in [0.1, 0.15) is 23.7 Å². The van der Waals surface area contributed by atoms with E-state index in [1.165, 1.54) is 4.57 Å². The molecule has 0 aliphatic carbocycles. The second kappa shape index (κ2) is 7.98. The lowest BCUT2D eigenvalue weighted by Gasteiger charge is -2.06. The Morgan fingerprint density at radius 2 is 1.85 bits per heavy atom. The van der Waals surface area contributed by atoms with Crippen molar-refractivity contribution in [3.8, 4) is 0 Å². The molecule has 0 atom stereocenters. The maximum Gasteiger partial charge on any atom is 0.326 e. The molecule has 9 heteroatoms. The highest BCUT2D eigenvalue weighted by atomic mass is 35.5. The first-order valence-electron chi connectivity index (χ1n) is 7.89. The molecule has 140 valence electrons. The van der Waals surface area contributed by atoms with E-state index in [0.717, 1.165) is 29.5 Å². The van der Waals surface area contributed by atoms with Crippen LogP contribution >= 0.6 is 22.9 Å². The van der Waals surface area contributed by atoms with Gasteiger partial charge in [0.15, 0.2) is 4.80 Å². The molecule has 1 heterocycles. The smallest absolute Gasteiger partial charge is 0.326 e. The van der Waals surface area contributed by atoms with Gasteiger partial charge in [-0.2, -0.15) is 4.99 Å². The molecule has 0 aliphatic rings. The summed E-state index contributed by atoms with van der Waals surface area (Å²) < 4.78 is 34.7. The van der Waals surface area contributed by atoms with Crippen molar-refractivity contribution in [2.75, 3.05) is 6.61 Å². The maximum atomic E-state index is 13.9. The van der Waals surface area contributed by atoms with E-state index in [4.69, 9.17) is 16.3 Å². The first kappa shape index (κ1) is 19.2. The Morgan fingerprint density at radius 3 is 2.52 bits per heavy atom. The molecule has 0 spiro atoms. The molecule has 2 aromatic carbocycles. The van der Waals surface area contributed by atoms with Crippen LogP contribution in [0.1, 0.15) is 17.3 Å². The zero-order valence-corrected chi connectivity index (χ0v) is 15.6. The third-order valence-corrected chi connectivity index (χ3v) is 4.97. The first-order valence-corrected chi connectivity index (χ1v) is 9.08. The molecule has 0 saturated carbocycles. The molecule has 3 aromatic rings. The van der Waals surface area contributed by atoms with Gasteiger partial charge in [0, 0.05) is 0 Å². The Kier molecular flexibility index (Phi) is 5.67. The van der Waals surface area contributed by atoms with Crippen molar-refractivity contribution in [2.24, 2.45) is 4.99 Å². The number of hydrogen-bond donors (Lipinski definition) is 0. The van der Waals surface area contributed by atoms with E-state index in [1.54, 1.807) is 25.1 Å². The van der Waals surface area contributed by atoms with Gasteiger partial charge >= 0.3 is 5.97 Å². The van der Waals surface area contributed by atoms with Crippen LogP contribution in [-0.2, 0) is 16.1 Å². The number of rotatable bonds is 4. The molecule has 1 amide bonds. The lowest BCUT2D eigenvalue weighted by Crippen LogP contribution is -2.23. The molecular formula is C18H13ClF2N2O3S. The summed E-state index contributed by atoms with van der Waals surface area (Å²) in [6.07, 6.45) is 0. The summed E-state index contributed by atoms with van der Waals surface area (Å²) in [5, 5.41) is 0.346. The zero-order chi connectivity index (χ0) is 19.6. The second-order valence-electron chi connectivity index (χ2n) is 5.38. The fraction of sp³-hybridized carbons (Fsp3) is 0.167. The van der Waals surface area contributed by atoms with Gasteiger partial charge in [-0.15, -0.1) is 0 Å². The molecule has 27 heavy (non-hydrogen) atoms. The number of para-hydroxylation sites is 1.